The van der Waals surface area contributed by atoms with E-state index in [1.165, 1.54) is 16.8 Å². The molecule has 5 rings (SSSR count). The molecule has 0 unspecified atom stereocenters. The lowest BCUT2D eigenvalue weighted by molar-refractivity contribution is 0.383. The highest BCUT2D eigenvalue weighted by Crippen LogP contribution is 2.44. The predicted molar refractivity (Wildman–Crippen MR) is 117 cm³/mol. The van der Waals surface area contributed by atoms with Gasteiger partial charge in [0.25, 0.3) is 0 Å². The zero-order valence-electron chi connectivity index (χ0n) is 16.7. The van der Waals surface area contributed by atoms with Crippen molar-refractivity contribution in [2.45, 2.75) is 26.2 Å². The van der Waals surface area contributed by atoms with E-state index in [-0.39, 0.29) is 6.17 Å². The summed E-state index contributed by atoms with van der Waals surface area (Å²) in [4.78, 5) is 14.1. The van der Waals surface area contributed by atoms with Crippen molar-refractivity contribution >= 4 is 33.8 Å². The van der Waals surface area contributed by atoms with Gasteiger partial charge >= 0.3 is 0 Å². The Morgan fingerprint density at radius 2 is 1.61 bits per heavy atom. The molecule has 142 valence electrons. The largest absolute Gasteiger partial charge is 0.359 e. The third-order valence-electron chi connectivity index (χ3n) is 6.07. The van der Waals surface area contributed by atoms with Gasteiger partial charge in [-0.25, -0.2) is 4.98 Å². The molecule has 0 aliphatic carbocycles. The molecule has 0 spiro atoms. The molecule has 5 nitrogen and oxygen atoms in total. The van der Waals surface area contributed by atoms with Gasteiger partial charge in [-0.1, -0.05) is 24.3 Å². The number of aromatic nitrogens is 1. The standard InChI is InChI=1S/C23H25N5/c1-16-25(3)12-13-27(16)19-9-7-10-20(15-19)28-17(2)26(4)23-22(28)14-18-8-5-6-11-21(18)24-23/h5-17H,1-4H3/t16-,17+/m1/s1. The second-order valence-electron chi connectivity index (χ2n) is 7.66. The monoisotopic (exact) mass is 371 g/mol. The van der Waals surface area contributed by atoms with Crippen molar-refractivity contribution in [1.29, 1.82) is 0 Å². The Morgan fingerprint density at radius 3 is 2.39 bits per heavy atom. The van der Waals surface area contributed by atoms with E-state index in [4.69, 9.17) is 4.98 Å². The Hall–Kier alpha value is -3.21. The SMILES string of the molecule is C[C@@H]1N(C)C=CN1c1cccc(N2c3cc4ccccc4nc3N(C)[C@@H]2C)c1. The van der Waals surface area contributed by atoms with Crippen LogP contribution in [0, 0.1) is 0 Å². The molecule has 3 aromatic rings. The van der Waals surface area contributed by atoms with Crippen LogP contribution in [0.1, 0.15) is 13.8 Å². The van der Waals surface area contributed by atoms with Gasteiger partial charge in [0, 0.05) is 43.3 Å². The Morgan fingerprint density at radius 1 is 0.821 bits per heavy atom. The molecule has 1 aromatic heterocycles. The topological polar surface area (TPSA) is 25.9 Å². The molecule has 3 heterocycles. The van der Waals surface area contributed by atoms with Crippen LogP contribution in [0.2, 0.25) is 0 Å². The smallest absolute Gasteiger partial charge is 0.154 e. The number of fused-ring (bicyclic) bond motifs is 2. The molecular formula is C23H25N5. The summed E-state index contributed by atoms with van der Waals surface area (Å²) in [5, 5.41) is 1.17. The van der Waals surface area contributed by atoms with Crippen molar-refractivity contribution in [3.05, 3.63) is 67.0 Å². The summed E-state index contributed by atoms with van der Waals surface area (Å²) in [5.41, 5.74) is 4.58. The van der Waals surface area contributed by atoms with E-state index in [0.717, 1.165) is 17.0 Å². The molecule has 0 saturated heterocycles. The summed E-state index contributed by atoms with van der Waals surface area (Å²) >= 11 is 0. The number of pyridine rings is 1. The molecule has 0 fully saturated rings. The van der Waals surface area contributed by atoms with Crippen molar-refractivity contribution in [3.63, 3.8) is 0 Å². The van der Waals surface area contributed by atoms with Crippen LogP contribution in [0.15, 0.2) is 67.0 Å². The Balaban J connectivity index is 1.60. The van der Waals surface area contributed by atoms with Crippen molar-refractivity contribution in [1.82, 2.24) is 9.88 Å². The molecule has 2 aromatic carbocycles. The van der Waals surface area contributed by atoms with Crippen molar-refractivity contribution in [3.8, 4) is 0 Å². The summed E-state index contributed by atoms with van der Waals surface area (Å²) in [7, 11) is 4.23. The molecule has 0 N–H and O–H groups in total. The summed E-state index contributed by atoms with van der Waals surface area (Å²) < 4.78 is 0. The highest BCUT2D eigenvalue weighted by molar-refractivity contribution is 5.92. The van der Waals surface area contributed by atoms with Gasteiger partial charge in [-0.2, -0.15) is 0 Å². The summed E-state index contributed by atoms with van der Waals surface area (Å²) in [6.45, 7) is 4.44. The van der Waals surface area contributed by atoms with Gasteiger partial charge in [-0.3, -0.25) is 0 Å². The minimum atomic E-state index is 0.198. The lowest BCUT2D eigenvalue weighted by Gasteiger charge is -2.30. The fraction of sp³-hybridized carbons (Fsp3) is 0.261. The van der Waals surface area contributed by atoms with Crippen molar-refractivity contribution in [2.75, 3.05) is 28.8 Å². The fourth-order valence-electron chi connectivity index (χ4n) is 4.17. The molecule has 0 amide bonds. The molecule has 0 saturated carbocycles. The van der Waals surface area contributed by atoms with Crippen LogP contribution < -0.4 is 14.7 Å². The number of anilines is 4. The molecule has 0 radical (unpaired) electrons. The fourth-order valence-corrected chi connectivity index (χ4v) is 4.17. The quantitative estimate of drug-likeness (QED) is 0.648. The first-order valence-corrected chi connectivity index (χ1v) is 9.75. The van der Waals surface area contributed by atoms with E-state index in [9.17, 15) is 0 Å². The molecule has 2 atom stereocenters. The van der Waals surface area contributed by atoms with Crippen LogP contribution in [0.25, 0.3) is 10.9 Å². The average Bonchev–Trinajstić information content (AvgIpc) is 3.17. The first kappa shape index (κ1) is 16.9. The zero-order valence-corrected chi connectivity index (χ0v) is 16.7. The van der Waals surface area contributed by atoms with Crippen molar-refractivity contribution in [2.24, 2.45) is 0 Å². The first-order chi connectivity index (χ1) is 13.5. The predicted octanol–water partition coefficient (Wildman–Crippen LogP) is 4.74. The maximum atomic E-state index is 4.94. The maximum Gasteiger partial charge on any atom is 0.154 e. The number of benzene rings is 2. The van der Waals surface area contributed by atoms with Gasteiger partial charge < -0.3 is 19.6 Å². The van der Waals surface area contributed by atoms with E-state index >= 15 is 0 Å². The number of para-hydroxylation sites is 1. The normalized spacial score (nSPS) is 21.1. The van der Waals surface area contributed by atoms with Crippen LogP contribution >= 0.6 is 0 Å². The molecular weight excluding hydrogens is 346 g/mol. The number of rotatable bonds is 2. The van der Waals surface area contributed by atoms with Gasteiger partial charge in [-0.15, -0.1) is 0 Å². The van der Waals surface area contributed by atoms with E-state index in [2.05, 4.69) is 108 Å². The minimum absolute atomic E-state index is 0.198. The molecule has 2 aliphatic rings. The van der Waals surface area contributed by atoms with Crippen LogP contribution in [-0.2, 0) is 0 Å². The van der Waals surface area contributed by atoms with Crippen LogP contribution in [0.5, 0.6) is 0 Å². The number of hydrogen-bond donors (Lipinski definition) is 0. The van der Waals surface area contributed by atoms with Gasteiger partial charge in [0.2, 0.25) is 0 Å². The molecule has 2 aliphatic heterocycles. The number of hydrogen-bond acceptors (Lipinski definition) is 5. The lowest BCUT2D eigenvalue weighted by Crippen LogP contribution is -2.36. The highest BCUT2D eigenvalue weighted by Gasteiger charge is 2.33. The summed E-state index contributed by atoms with van der Waals surface area (Å²) in [6, 6.07) is 19.4. The minimum Gasteiger partial charge on any atom is -0.359 e. The van der Waals surface area contributed by atoms with Crippen LogP contribution in [-0.4, -0.2) is 36.3 Å². The highest BCUT2D eigenvalue weighted by atomic mass is 15.4. The first-order valence-electron chi connectivity index (χ1n) is 9.75. The van der Waals surface area contributed by atoms with Crippen molar-refractivity contribution < 1.29 is 0 Å². The van der Waals surface area contributed by atoms with E-state index < -0.39 is 0 Å². The van der Waals surface area contributed by atoms with Gasteiger partial charge in [0.15, 0.2) is 5.82 Å². The summed E-state index contributed by atoms with van der Waals surface area (Å²) in [6.07, 6.45) is 4.77. The number of nitrogens with zero attached hydrogens (tertiary/aromatic N) is 5. The molecule has 5 heteroatoms. The molecule has 0 bridgehead atoms. The molecule has 28 heavy (non-hydrogen) atoms. The Bertz CT molecular complexity index is 1080. The lowest BCUT2D eigenvalue weighted by atomic mass is 10.2. The van der Waals surface area contributed by atoms with Gasteiger partial charge in [0.05, 0.1) is 11.2 Å². The van der Waals surface area contributed by atoms with E-state index in [1.54, 1.807) is 0 Å². The Kier molecular flexibility index (Phi) is 3.72. The maximum absolute atomic E-state index is 4.94. The second kappa shape index (κ2) is 6.16. The zero-order chi connectivity index (χ0) is 19.4. The second-order valence-corrected chi connectivity index (χ2v) is 7.66. The van der Waals surface area contributed by atoms with Gasteiger partial charge in [-0.05, 0) is 44.2 Å². The van der Waals surface area contributed by atoms with Gasteiger partial charge in [0.1, 0.15) is 12.3 Å². The van der Waals surface area contributed by atoms with Crippen LogP contribution in [0.4, 0.5) is 22.9 Å². The van der Waals surface area contributed by atoms with Crippen LogP contribution in [0.3, 0.4) is 0 Å². The summed E-state index contributed by atoms with van der Waals surface area (Å²) in [5.74, 6) is 1.03. The third kappa shape index (κ3) is 2.43. The average molecular weight is 371 g/mol. The third-order valence-corrected chi connectivity index (χ3v) is 6.07. The Labute approximate surface area is 166 Å². The van der Waals surface area contributed by atoms with E-state index in [1.807, 2.05) is 6.07 Å². The van der Waals surface area contributed by atoms with E-state index in [0.29, 0.717) is 6.17 Å².